The predicted octanol–water partition coefficient (Wildman–Crippen LogP) is 0.497. The second-order valence-corrected chi connectivity index (χ2v) is 5.49. The summed E-state index contributed by atoms with van der Waals surface area (Å²) in [4.78, 5) is 43.1. The number of imide groups is 2. The molecule has 1 aliphatic heterocycles. The monoisotopic (exact) mass is 320 g/mol. The summed E-state index contributed by atoms with van der Waals surface area (Å²) in [5.74, 6) is -1.86. The van der Waals surface area contributed by atoms with Gasteiger partial charge in [-0.2, -0.15) is 0 Å². The molecule has 1 aliphatic rings. The van der Waals surface area contributed by atoms with Crippen LogP contribution in [0.2, 0.25) is 0 Å². The van der Waals surface area contributed by atoms with Crippen molar-refractivity contribution in [1.82, 2.24) is 15.1 Å². The summed E-state index contributed by atoms with van der Waals surface area (Å²) in [6.45, 7) is 1.36. The average molecular weight is 320 g/mol. The first-order valence-electron chi connectivity index (χ1n) is 7.32. The molecule has 0 radical (unpaired) electrons. The maximum Gasteiger partial charge on any atom is 0.331 e. The Morgan fingerprint density at radius 1 is 1.39 bits per heavy atom. The third kappa shape index (κ3) is 4.49. The zero-order valence-corrected chi connectivity index (χ0v) is 13.2. The van der Waals surface area contributed by atoms with E-state index in [0.29, 0.717) is 12.3 Å². The average Bonchev–Trinajstić information content (AvgIpc) is 2.99. The van der Waals surface area contributed by atoms with Gasteiger partial charge in [0.25, 0.3) is 0 Å². The van der Waals surface area contributed by atoms with Gasteiger partial charge >= 0.3 is 6.03 Å². The molecule has 1 aromatic rings. The molecule has 1 fully saturated rings. The van der Waals surface area contributed by atoms with Crippen LogP contribution in [0.25, 0.3) is 0 Å². The number of nitrogens with zero attached hydrogens (tertiary/aromatic N) is 3. The third-order valence-corrected chi connectivity index (χ3v) is 3.33. The Morgan fingerprint density at radius 3 is 2.83 bits per heavy atom. The van der Waals surface area contributed by atoms with Gasteiger partial charge in [0, 0.05) is 12.8 Å². The Bertz CT molecular complexity index is 595. The lowest BCUT2D eigenvalue weighted by molar-refractivity contribution is -0.139. The molecule has 8 heteroatoms. The van der Waals surface area contributed by atoms with Crippen molar-refractivity contribution in [3.63, 3.8) is 0 Å². The summed E-state index contributed by atoms with van der Waals surface area (Å²) >= 11 is 0. The molecule has 1 aromatic heterocycles. The van der Waals surface area contributed by atoms with E-state index in [1.165, 1.54) is 12.5 Å². The minimum Gasteiger partial charge on any atom is -0.467 e. The number of carbonyl (C=O) groups excluding carboxylic acids is 3. The lowest BCUT2D eigenvalue weighted by Crippen LogP contribution is -2.57. The normalized spacial score (nSPS) is 19.0. The lowest BCUT2D eigenvalue weighted by Gasteiger charge is -2.27. The Kier molecular flexibility index (Phi) is 5.64. The van der Waals surface area contributed by atoms with Crippen molar-refractivity contribution in [2.75, 3.05) is 27.2 Å². The van der Waals surface area contributed by atoms with Gasteiger partial charge in [-0.3, -0.25) is 24.8 Å². The number of barbiturate groups is 1. The number of furan rings is 1. The fraction of sp³-hybridized carbons (Fsp3) is 0.467. The van der Waals surface area contributed by atoms with Gasteiger partial charge in [0.1, 0.15) is 5.76 Å². The summed E-state index contributed by atoms with van der Waals surface area (Å²) in [6.07, 6.45) is 3.59. The fourth-order valence-electron chi connectivity index (χ4n) is 2.13. The van der Waals surface area contributed by atoms with Crippen LogP contribution in [-0.4, -0.2) is 61.0 Å². The Hall–Kier alpha value is -2.48. The highest BCUT2D eigenvalue weighted by atomic mass is 16.3. The molecular formula is C15H20N4O4. The van der Waals surface area contributed by atoms with E-state index in [4.69, 9.17) is 4.42 Å². The van der Waals surface area contributed by atoms with Crippen molar-refractivity contribution in [3.05, 3.63) is 24.2 Å². The molecule has 2 rings (SSSR count). The number of carbonyl (C=O) groups is 3. The molecule has 0 aliphatic carbocycles. The zero-order valence-electron chi connectivity index (χ0n) is 13.2. The van der Waals surface area contributed by atoms with Crippen molar-refractivity contribution >= 4 is 24.1 Å². The number of hydrogen-bond donors (Lipinski definition) is 1. The first-order valence-corrected chi connectivity index (χ1v) is 7.32. The van der Waals surface area contributed by atoms with Crippen LogP contribution >= 0.6 is 0 Å². The zero-order chi connectivity index (χ0) is 16.8. The van der Waals surface area contributed by atoms with E-state index in [-0.39, 0.29) is 6.54 Å². The Labute approximate surface area is 134 Å². The van der Waals surface area contributed by atoms with Gasteiger partial charge in [-0.25, -0.2) is 4.79 Å². The van der Waals surface area contributed by atoms with Crippen LogP contribution in [0.15, 0.2) is 27.8 Å². The van der Waals surface area contributed by atoms with Gasteiger partial charge in [0.2, 0.25) is 11.8 Å². The van der Waals surface area contributed by atoms with E-state index in [2.05, 4.69) is 10.3 Å². The summed E-state index contributed by atoms with van der Waals surface area (Å²) in [5.41, 5.74) is 0. The summed E-state index contributed by atoms with van der Waals surface area (Å²) in [6, 6.07) is 2.58. The van der Waals surface area contributed by atoms with Crippen LogP contribution in [-0.2, 0) is 16.1 Å². The van der Waals surface area contributed by atoms with Crippen LogP contribution in [0.5, 0.6) is 0 Å². The number of aliphatic imine (C=N–C) groups is 1. The van der Waals surface area contributed by atoms with Crippen LogP contribution < -0.4 is 5.32 Å². The van der Waals surface area contributed by atoms with Crippen molar-refractivity contribution < 1.29 is 18.8 Å². The smallest absolute Gasteiger partial charge is 0.331 e. The van der Waals surface area contributed by atoms with E-state index in [1.54, 1.807) is 12.1 Å². The van der Waals surface area contributed by atoms with Crippen LogP contribution in [0.3, 0.4) is 0 Å². The maximum atomic E-state index is 12.3. The van der Waals surface area contributed by atoms with Gasteiger partial charge in [-0.15, -0.1) is 0 Å². The van der Waals surface area contributed by atoms with Crippen molar-refractivity contribution in [3.8, 4) is 0 Å². The number of nitrogens with one attached hydrogen (secondary N) is 1. The molecule has 124 valence electrons. The summed E-state index contributed by atoms with van der Waals surface area (Å²) in [7, 11) is 3.92. The highest BCUT2D eigenvalue weighted by Crippen LogP contribution is 2.13. The molecule has 2 heterocycles. The quantitative estimate of drug-likeness (QED) is 0.448. The van der Waals surface area contributed by atoms with Gasteiger partial charge in [0.05, 0.1) is 12.8 Å². The van der Waals surface area contributed by atoms with E-state index in [0.717, 1.165) is 17.9 Å². The molecule has 0 aromatic carbocycles. The number of amides is 4. The van der Waals surface area contributed by atoms with E-state index in [9.17, 15) is 14.4 Å². The largest absolute Gasteiger partial charge is 0.467 e. The molecule has 0 bridgehead atoms. The van der Waals surface area contributed by atoms with Gasteiger partial charge in [0.15, 0.2) is 5.92 Å². The fourth-order valence-corrected chi connectivity index (χ4v) is 2.13. The summed E-state index contributed by atoms with van der Waals surface area (Å²) in [5, 5.41) is 2.17. The molecule has 23 heavy (non-hydrogen) atoms. The number of urea groups is 1. The Balaban J connectivity index is 1.98. The Morgan fingerprint density at radius 2 is 2.17 bits per heavy atom. The molecule has 1 atom stereocenters. The third-order valence-electron chi connectivity index (χ3n) is 3.33. The van der Waals surface area contributed by atoms with E-state index >= 15 is 0 Å². The SMILES string of the molecule is CN(C)CCCN=CC1C(=O)NC(=O)N(Cc2ccco2)C1=O. The predicted molar refractivity (Wildman–Crippen MR) is 82.8 cm³/mol. The second-order valence-electron chi connectivity index (χ2n) is 5.49. The second kappa shape index (κ2) is 7.68. The standard InChI is InChI=1S/C15H20N4O4/c1-18(2)7-4-6-16-9-12-13(20)17-15(22)19(14(12)21)10-11-5-3-8-23-11/h3,5,8-9,12H,4,6-7,10H2,1-2H3,(H,17,20,22). The minimum absolute atomic E-state index is 0.0179. The topological polar surface area (TPSA) is 95.2 Å². The van der Waals surface area contributed by atoms with Crippen molar-refractivity contribution in [2.24, 2.45) is 10.9 Å². The first-order chi connectivity index (χ1) is 11.0. The van der Waals surface area contributed by atoms with Gasteiger partial charge in [-0.1, -0.05) is 0 Å². The van der Waals surface area contributed by atoms with Gasteiger partial charge < -0.3 is 9.32 Å². The van der Waals surface area contributed by atoms with Crippen LogP contribution in [0, 0.1) is 5.92 Å². The van der Waals surface area contributed by atoms with E-state index < -0.39 is 23.8 Å². The first kappa shape index (κ1) is 16.9. The molecule has 1 N–H and O–H groups in total. The van der Waals surface area contributed by atoms with Crippen molar-refractivity contribution in [1.29, 1.82) is 0 Å². The highest BCUT2D eigenvalue weighted by molar-refractivity contribution is 6.23. The lowest BCUT2D eigenvalue weighted by atomic mass is 10.1. The molecule has 1 saturated heterocycles. The van der Waals surface area contributed by atoms with Crippen LogP contribution in [0.1, 0.15) is 12.2 Å². The highest BCUT2D eigenvalue weighted by Gasteiger charge is 2.39. The summed E-state index contributed by atoms with van der Waals surface area (Å²) < 4.78 is 5.13. The van der Waals surface area contributed by atoms with Crippen LogP contribution in [0.4, 0.5) is 4.79 Å². The molecule has 0 spiro atoms. The van der Waals surface area contributed by atoms with E-state index in [1.807, 2.05) is 19.0 Å². The number of rotatable bonds is 7. The molecule has 1 unspecified atom stereocenters. The molecular weight excluding hydrogens is 300 g/mol. The molecule has 0 saturated carbocycles. The number of hydrogen-bond acceptors (Lipinski definition) is 6. The molecule has 4 amide bonds. The van der Waals surface area contributed by atoms with Crippen molar-refractivity contribution in [2.45, 2.75) is 13.0 Å². The maximum absolute atomic E-state index is 12.3. The molecule has 8 nitrogen and oxygen atoms in total. The van der Waals surface area contributed by atoms with Gasteiger partial charge in [-0.05, 0) is 39.2 Å². The minimum atomic E-state index is -1.08.